The molecule has 1 heterocycles. The first-order valence-corrected chi connectivity index (χ1v) is 13.7. The molecule has 3 aromatic carbocycles. The highest BCUT2D eigenvalue weighted by molar-refractivity contribution is 7.14. The molecular formula is C31H32N2O3S. The van der Waals surface area contributed by atoms with Gasteiger partial charge in [0.1, 0.15) is 12.4 Å². The summed E-state index contributed by atoms with van der Waals surface area (Å²) in [5.41, 5.74) is 5.90. The van der Waals surface area contributed by atoms with Gasteiger partial charge in [0.15, 0.2) is 5.13 Å². The zero-order valence-corrected chi connectivity index (χ0v) is 21.9. The number of aromatic nitrogens is 1. The van der Waals surface area contributed by atoms with E-state index in [1.807, 2.05) is 37.4 Å². The molecule has 1 aromatic heterocycles. The topological polar surface area (TPSA) is 62.7 Å². The predicted octanol–water partition coefficient (Wildman–Crippen LogP) is 7.77. The van der Waals surface area contributed by atoms with Crippen LogP contribution in [0.25, 0.3) is 11.3 Å². The fraction of sp³-hybridized carbons (Fsp3) is 0.290. The first-order valence-electron chi connectivity index (χ1n) is 12.9. The molecular weight excluding hydrogens is 480 g/mol. The Hall–Kier alpha value is -3.64. The minimum atomic E-state index is -0.914. The Morgan fingerprint density at radius 1 is 1.00 bits per heavy atom. The van der Waals surface area contributed by atoms with Crippen LogP contribution in [0.4, 0.5) is 5.13 Å². The molecule has 0 radical (unpaired) electrons. The number of thiazole rings is 1. The normalized spacial score (nSPS) is 13.9. The van der Waals surface area contributed by atoms with E-state index in [0.717, 1.165) is 33.6 Å². The molecule has 1 N–H and O–H groups in total. The molecule has 0 amide bonds. The van der Waals surface area contributed by atoms with E-state index in [9.17, 15) is 4.79 Å². The first-order chi connectivity index (χ1) is 18.0. The van der Waals surface area contributed by atoms with Crippen molar-refractivity contribution >= 4 is 22.4 Å². The van der Waals surface area contributed by atoms with Gasteiger partial charge in [-0.2, -0.15) is 0 Å². The van der Waals surface area contributed by atoms with Crippen LogP contribution < -0.4 is 9.64 Å². The quantitative estimate of drug-likeness (QED) is 0.248. The van der Waals surface area contributed by atoms with Gasteiger partial charge in [0.05, 0.1) is 11.3 Å². The van der Waals surface area contributed by atoms with Crippen molar-refractivity contribution in [2.75, 3.05) is 11.9 Å². The van der Waals surface area contributed by atoms with Crippen LogP contribution in [-0.2, 0) is 13.2 Å². The molecule has 0 saturated heterocycles. The number of nitrogens with zero attached hydrogens (tertiary/aromatic N) is 2. The second kappa shape index (κ2) is 11.6. The Balaban J connectivity index is 1.19. The lowest BCUT2D eigenvalue weighted by Crippen LogP contribution is -2.16. The molecule has 190 valence electrons. The Morgan fingerprint density at radius 3 is 2.46 bits per heavy atom. The van der Waals surface area contributed by atoms with Gasteiger partial charge in [0.25, 0.3) is 0 Å². The van der Waals surface area contributed by atoms with E-state index in [0.29, 0.717) is 18.7 Å². The average Bonchev–Trinajstić information content (AvgIpc) is 3.44. The number of ether oxygens (including phenoxy) is 1. The highest BCUT2D eigenvalue weighted by atomic mass is 32.1. The van der Waals surface area contributed by atoms with Crippen LogP contribution in [0.2, 0.25) is 0 Å². The van der Waals surface area contributed by atoms with E-state index in [1.54, 1.807) is 23.5 Å². The van der Waals surface area contributed by atoms with Crippen LogP contribution in [0.3, 0.4) is 0 Å². The summed E-state index contributed by atoms with van der Waals surface area (Å²) in [6.07, 6.45) is 6.72. The summed E-state index contributed by atoms with van der Waals surface area (Å²) in [5.74, 6) is 0.637. The molecule has 5 rings (SSSR count). The Morgan fingerprint density at radius 2 is 1.73 bits per heavy atom. The van der Waals surface area contributed by atoms with Crippen molar-refractivity contribution in [2.45, 2.75) is 51.2 Å². The summed E-state index contributed by atoms with van der Waals surface area (Å²) in [5, 5.41) is 12.0. The second-order valence-electron chi connectivity index (χ2n) is 9.77. The largest absolute Gasteiger partial charge is 0.489 e. The second-order valence-corrected chi connectivity index (χ2v) is 10.6. The monoisotopic (exact) mass is 512 g/mol. The molecule has 1 fully saturated rings. The Kier molecular flexibility index (Phi) is 7.85. The van der Waals surface area contributed by atoms with Crippen molar-refractivity contribution in [3.8, 4) is 17.0 Å². The zero-order chi connectivity index (χ0) is 25.6. The summed E-state index contributed by atoms with van der Waals surface area (Å²) >= 11 is 1.59. The van der Waals surface area contributed by atoms with E-state index in [1.165, 1.54) is 43.2 Å². The van der Waals surface area contributed by atoms with Gasteiger partial charge in [-0.25, -0.2) is 9.78 Å². The lowest BCUT2D eigenvalue weighted by molar-refractivity contribution is 0.0697. The number of hydrogen-bond acceptors (Lipinski definition) is 5. The third-order valence-electron chi connectivity index (χ3n) is 7.03. The lowest BCUT2D eigenvalue weighted by Gasteiger charge is -2.22. The lowest BCUT2D eigenvalue weighted by atomic mass is 9.84. The summed E-state index contributed by atoms with van der Waals surface area (Å²) in [6, 6.07) is 24.0. The molecule has 6 heteroatoms. The average molecular weight is 513 g/mol. The van der Waals surface area contributed by atoms with Crippen molar-refractivity contribution in [1.82, 2.24) is 4.98 Å². The van der Waals surface area contributed by atoms with Crippen LogP contribution in [0, 0.1) is 0 Å². The molecule has 0 unspecified atom stereocenters. The van der Waals surface area contributed by atoms with Crippen LogP contribution in [-0.4, -0.2) is 23.1 Å². The van der Waals surface area contributed by atoms with Crippen LogP contribution in [0.5, 0.6) is 5.75 Å². The molecule has 37 heavy (non-hydrogen) atoms. The van der Waals surface area contributed by atoms with E-state index >= 15 is 0 Å². The van der Waals surface area contributed by atoms with Gasteiger partial charge in [-0.3, -0.25) is 0 Å². The molecule has 1 saturated carbocycles. The summed E-state index contributed by atoms with van der Waals surface area (Å²) in [7, 11) is 1.99. The van der Waals surface area contributed by atoms with Crippen molar-refractivity contribution in [3.05, 3.63) is 100 Å². The van der Waals surface area contributed by atoms with E-state index in [2.05, 4.69) is 40.6 Å². The molecule has 0 atom stereocenters. The van der Waals surface area contributed by atoms with E-state index < -0.39 is 5.97 Å². The van der Waals surface area contributed by atoms with E-state index in [-0.39, 0.29) is 0 Å². The zero-order valence-electron chi connectivity index (χ0n) is 21.1. The fourth-order valence-corrected chi connectivity index (χ4v) is 5.70. The maximum absolute atomic E-state index is 11.1. The van der Waals surface area contributed by atoms with Crippen LogP contribution in [0.1, 0.15) is 65.1 Å². The number of hydrogen-bond donors (Lipinski definition) is 1. The van der Waals surface area contributed by atoms with Gasteiger partial charge in [-0.15, -0.1) is 11.3 Å². The van der Waals surface area contributed by atoms with Gasteiger partial charge in [-0.05, 0) is 59.7 Å². The smallest absolute Gasteiger partial charge is 0.335 e. The highest BCUT2D eigenvalue weighted by Gasteiger charge is 2.15. The number of aromatic carboxylic acids is 1. The maximum Gasteiger partial charge on any atom is 0.335 e. The summed E-state index contributed by atoms with van der Waals surface area (Å²) < 4.78 is 6.12. The van der Waals surface area contributed by atoms with Gasteiger partial charge in [0.2, 0.25) is 0 Å². The van der Waals surface area contributed by atoms with Gasteiger partial charge in [0, 0.05) is 24.5 Å². The van der Waals surface area contributed by atoms with Gasteiger partial charge >= 0.3 is 5.97 Å². The molecule has 0 aliphatic heterocycles. The van der Waals surface area contributed by atoms with Crippen molar-refractivity contribution in [1.29, 1.82) is 0 Å². The van der Waals surface area contributed by atoms with Gasteiger partial charge < -0.3 is 14.7 Å². The number of rotatable bonds is 9. The standard InChI is InChI=1S/C31H32N2O3S/c1-33(19-22-10-16-26(17-11-22)30(34)35)31-32-29(21-37-31)27-8-5-9-28(18-27)36-20-23-12-14-25(15-13-23)24-6-3-2-4-7-24/h5,8-18,21,24H,2-4,6-7,19-20H2,1H3,(H,34,35). The van der Waals surface area contributed by atoms with Crippen molar-refractivity contribution in [3.63, 3.8) is 0 Å². The van der Waals surface area contributed by atoms with Crippen LogP contribution in [0.15, 0.2) is 78.2 Å². The van der Waals surface area contributed by atoms with E-state index in [4.69, 9.17) is 14.8 Å². The fourth-order valence-electron chi connectivity index (χ4n) is 4.90. The molecule has 5 nitrogen and oxygen atoms in total. The third-order valence-corrected chi connectivity index (χ3v) is 7.99. The number of carboxylic acids is 1. The molecule has 0 spiro atoms. The van der Waals surface area contributed by atoms with Gasteiger partial charge in [-0.1, -0.05) is 67.8 Å². The third kappa shape index (κ3) is 6.38. The number of carboxylic acid groups (broad SMARTS) is 1. The summed E-state index contributed by atoms with van der Waals surface area (Å²) in [6.45, 7) is 1.19. The molecule has 1 aliphatic carbocycles. The molecule has 4 aromatic rings. The molecule has 1 aliphatic rings. The minimum Gasteiger partial charge on any atom is -0.489 e. The summed E-state index contributed by atoms with van der Waals surface area (Å²) in [4.78, 5) is 18.0. The molecule has 0 bridgehead atoms. The Labute approximate surface area is 222 Å². The Bertz CT molecular complexity index is 1330. The van der Waals surface area contributed by atoms with Crippen molar-refractivity contribution < 1.29 is 14.6 Å². The minimum absolute atomic E-state index is 0.293. The first kappa shape index (κ1) is 25.0. The number of anilines is 1. The number of carbonyl (C=O) groups is 1. The maximum atomic E-state index is 11.1. The van der Waals surface area contributed by atoms with Crippen LogP contribution >= 0.6 is 11.3 Å². The number of benzene rings is 3. The highest BCUT2D eigenvalue weighted by Crippen LogP contribution is 2.33. The SMILES string of the molecule is CN(Cc1ccc(C(=O)O)cc1)c1nc(-c2cccc(OCc3ccc(C4CCCCC4)cc3)c2)cs1. The predicted molar refractivity (Wildman–Crippen MR) is 150 cm³/mol. The van der Waals surface area contributed by atoms with Crippen molar-refractivity contribution in [2.24, 2.45) is 0 Å².